The minimum Gasteiger partial charge on any atom is -0.389 e. The van der Waals surface area contributed by atoms with E-state index in [9.17, 15) is 5.11 Å². The van der Waals surface area contributed by atoms with Crippen LogP contribution >= 0.6 is 0 Å². The third-order valence-electron chi connectivity index (χ3n) is 1.95. The summed E-state index contributed by atoms with van der Waals surface area (Å²) in [6, 6.07) is 0. The zero-order valence-electron chi connectivity index (χ0n) is 7.97. The molecule has 3 nitrogen and oxygen atoms in total. The molecule has 1 aliphatic rings. The first kappa shape index (κ1) is 9.96. The smallest absolute Gasteiger partial charge is 0.0715 e. The van der Waals surface area contributed by atoms with Crippen LogP contribution in [-0.2, 0) is 4.74 Å². The predicted molar refractivity (Wildman–Crippen MR) is 48.1 cm³/mol. The van der Waals surface area contributed by atoms with Crippen molar-refractivity contribution < 1.29 is 9.84 Å². The molecule has 1 rings (SSSR count). The molecule has 1 unspecified atom stereocenters. The van der Waals surface area contributed by atoms with Crippen molar-refractivity contribution >= 4 is 0 Å². The summed E-state index contributed by atoms with van der Waals surface area (Å²) < 4.78 is 5.42. The topological polar surface area (TPSA) is 41.5 Å². The quantitative estimate of drug-likeness (QED) is 0.651. The Hall–Kier alpha value is -0.120. The van der Waals surface area contributed by atoms with Gasteiger partial charge in [-0.3, -0.25) is 0 Å². The fourth-order valence-electron chi connectivity index (χ4n) is 1.34. The second-order valence-electron chi connectivity index (χ2n) is 4.08. The Kier molecular flexibility index (Phi) is 3.50. The molecule has 1 atom stereocenters. The molecule has 3 heteroatoms. The molecule has 0 aromatic carbocycles. The standard InChI is InChI=1S/C9H19NO2/c1-9(2,11)7-10-6-8-4-3-5-12-8/h8,10-11H,3-7H2,1-2H3. The van der Waals surface area contributed by atoms with E-state index in [0.717, 1.165) is 19.6 Å². The average Bonchev–Trinajstić information content (AvgIpc) is 2.36. The third kappa shape index (κ3) is 4.04. The van der Waals surface area contributed by atoms with Gasteiger partial charge >= 0.3 is 0 Å². The lowest BCUT2D eigenvalue weighted by atomic mass is 10.1. The number of ether oxygens (including phenoxy) is 1. The Morgan fingerprint density at radius 1 is 1.58 bits per heavy atom. The molecule has 0 bridgehead atoms. The van der Waals surface area contributed by atoms with Crippen LogP contribution in [-0.4, -0.2) is 36.5 Å². The van der Waals surface area contributed by atoms with E-state index in [4.69, 9.17) is 4.74 Å². The van der Waals surface area contributed by atoms with Crippen LogP contribution in [0.15, 0.2) is 0 Å². The van der Waals surface area contributed by atoms with Gasteiger partial charge in [-0.1, -0.05) is 0 Å². The van der Waals surface area contributed by atoms with Crippen LogP contribution in [0.2, 0.25) is 0 Å². The third-order valence-corrected chi connectivity index (χ3v) is 1.95. The molecular weight excluding hydrogens is 154 g/mol. The van der Waals surface area contributed by atoms with Crippen molar-refractivity contribution in [3.8, 4) is 0 Å². The molecular formula is C9H19NO2. The van der Waals surface area contributed by atoms with E-state index in [1.807, 2.05) is 0 Å². The summed E-state index contributed by atoms with van der Waals surface area (Å²) in [5.74, 6) is 0. The Morgan fingerprint density at radius 3 is 2.83 bits per heavy atom. The van der Waals surface area contributed by atoms with Gasteiger partial charge in [-0.25, -0.2) is 0 Å². The van der Waals surface area contributed by atoms with Gasteiger partial charge in [0.2, 0.25) is 0 Å². The van der Waals surface area contributed by atoms with Crippen molar-refractivity contribution in [1.82, 2.24) is 5.32 Å². The predicted octanol–water partition coefficient (Wildman–Crippen LogP) is 0.526. The highest BCUT2D eigenvalue weighted by atomic mass is 16.5. The Labute approximate surface area is 74.1 Å². The van der Waals surface area contributed by atoms with E-state index in [2.05, 4.69) is 5.32 Å². The molecule has 2 N–H and O–H groups in total. The van der Waals surface area contributed by atoms with Gasteiger partial charge in [0.25, 0.3) is 0 Å². The SMILES string of the molecule is CC(C)(O)CNCC1CCCO1. The van der Waals surface area contributed by atoms with Gasteiger partial charge in [0.1, 0.15) is 0 Å². The number of rotatable bonds is 4. The van der Waals surface area contributed by atoms with Crippen molar-refractivity contribution in [2.75, 3.05) is 19.7 Å². The maximum absolute atomic E-state index is 9.39. The molecule has 1 saturated heterocycles. The maximum Gasteiger partial charge on any atom is 0.0715 e. The molecule has 72 valence electrons. The molecule has 0 aromatic rings. The van der Waals surface area contributed by atoms with Gasteiger partial charge in [0.15, 0.2) is 0 Å². The second-order valence-corrected chi connectivity index (χ2v) is 4.08. The van der Waals surface area contributed by atoms with E-state index in [-0.39, 0.29) is 0 Å². The number of hydrogen-bond acceptors (Lipinski definition) is 3. The highest BCUT2D eigenvalue weighted by molar-refractivity contribution is 4.72. The first-order valence-electron chi connectivity index (χ1n) is 4.63. The lowest BCUT2D eigenvalue weighted by Crippen LogP contribution is -2.38. The summed E-state index contributed by atoms with van der Waals surface area (Å²) in [4.78, 5) is 0. The van der Waals surface area contributed by atoms with E-state index in [0.29, 0.717) is 12.6 Å². The van der Waals surface area contributed by atoms with Crippen molar-refractivity contribution in [3.63, 3.8) is 0 Å². The lowest BCUT2D eigenvalue weighted by Gasteiger charge is -2.19. The minimum atomic E-state index is -0.612. The largest absolute Gasteiger partial charge is 0.389 e. The van der Waals surface area contributed by atoms with Crippen LogP contribution in [0.4, 0.5) is 0 Å². The van der Waals surface area contributed by atoms with Gasteiger partial charge in [0, 0.05) is 19.7 Å². The van der Waals surface area contributed by atoms with E-state index in [1.54, 1.807) is 13.8 Å². The van der Waals surface area contributed by atoms with Crippen LogP contribution in [0.25, 0.3) is 0 Å². The number of hydrogen-bond donors (Lipinski definition) is 2. The molecule has 1 heterocycles. The summed E-state index contributed by atoms with van der Waals surface area (Å²) in [5, 5.41) is 12.6. The summed E-state index contributed by atoms with van der Waals surface area (Å²) in [6.07, 6.45) is 2.70. The molecule has 1 fully saturated rings. The van der Waals surface area contributed by atoms with Crippen molar-refractivity contribution in [3.05, 3.63) is 0 Å². The molecule has 0 spiro atoms. The minimum absolute atomic E-state index is 0.368. The zero-order chi connectivity index (χ0) is 9.03. The molecule has 0 aromatic heterocycles. The zero-order valence-corrected chi connectivity index (χ0v) is 7.97. The van der Waals surface area contributed by atoms with E-state index < -0.39 is 5.60 Å². The normalized spacial score (nSPS) is 24.8. The van der Waals surface area contributed by atoms with Gasteiger partial charge in [-0.05, 0) is 26.7 Å². The molecule has 0 saturated carbocycles. The van der Waals surface area contributed by atoms with Crippen LogP contribution in [0.5, 0.6) is 0 Å². The van der Waals surface area contributed by atoms with E-state index in [1.165, 1.54) is 6.42 Å². The fourth-order valence-corrected chi connectivity index (χ4v) is 1.34. The van der Waals surface area contributed by atoms with Gasteiger partial charge in [-0.15, -0.1) is 0 Å². The molecule has 12 heavy (non-hydrogen) atoms. The van der Waals surface area contributed by atoms with Crippen molar-refractivity contribution in [1.29, 1.82) is 0 Å². The number of nitrogens with one attached hydrogen (secondary N) is 1. The van der Waals surface area contributed by atoms with Crippen LogP contribution in [0, 0.1) is 0 Å². The maximum atomic E-state index is 9.39. The summed E-state index contributed by atoms with van der Waals surface area (Å²) in [6.45, 7) is 6.00. The highest BCUT2D eigenvalue weighted by Gasteiger charge is 2.17. The van der Waals surface area contributed by atoms with Gasteiger partial charge < -0.3 is 15.2 Å². The van der Waals surface area contributed by atoms with E-state index >= 15 is 0 Å². The van der Waals surface area contributed by atoms with Crippen LogP contribution in [0.1, 0.15) is 26.7 Å². The molecule has 0 aliphatic carbocycles. The first-order chi connectivity index (χ1) is 5.58. The highest BCUT2D eigenvalue weighted by Crippen LogP contribution is 2.10. The monoisotopic (exact) mass is 173 g/mol. The second kappa shape index (κ2) is 4.21. The summed E-state index contributed by atoms with van der Waals surface area (Å²) in [5.41, 5.74) is -0.612. The summed E-state index contributed by atoms with van der Waals surface area (Å²) in [7, 11) is 0. The van der Waals surface area contributed by atoms with Gasteiger partial charge in [-0.2, -0.15) is 0 Å². The van der Waals surface area contributed by atoms with Crippen molar-refractivity contribution in [2.24, 2.45) is 0 Å². The Bertz CT molecular complexity index is 125. The molecule has 0 amide bonds. The Morgan fingerprint density at radius 2 is 2.33 bits per heavy atom. The molecule has 1 aliphatic heterocycles. The van der Waals surface area contributed by atoms with Crippen LogP contribution < -0.4 is 5.32 Å². The van der Waals surface area contributed by atoms with Gasteiger partial charge in [0.05, 0.1) is 11.7 Å². The van der Waals surface area contributed by atoms with Crippen LogP contribution in [0.3, 0.4) is 0 Å². The van der Waals surface area contributed by atoms with Crippen molar-refractivity contribution in [2.45, 2.75) is 38.4 Å². The average molecular weight is 173 g/mol. The number of aliphatic hydroxyl groups is 1. The molecule has 0 radical (unpaired) electrons. The fraction of sp³-hybridized carbons (Fsp3) is 1.00. The first-order valence-corrected chi connectivity index (χ1v) is 4.63. The lowest BCUT2D eigenvalue weighted by molar-refractivity contribution is 0.0681. The Balaban J connectivity index is 2.02. The summed E-state index contributed by atoms with van der Waals surface area (Å²) >= 11 is 0.